The van der Waals surface area contributed by atoms with Gasteiger partial charge in [-0.1, -0.05) is 0 Å². The van der Waals surface area contributed by atoms with Crippen LogP contribution < -0.4 is 11.0 Å². The number of aromatic nitrogens is 3. The number of anilines is 1. The third-order valence-electron chi connectivity index (χ3n) is 2.77. The van der Waals surface area contributed by atoms with Gasteiger partial charge >= 0.3 is 5.69 Å². The summed E-state index contributed by atoms with van der Waals surface area (Å²) in [6.07, 6.45) is 1.73. The Bertz CT molecular complexity index is 619. The highest BCUT2D eigenvalue weighted by molar-refractivity contribution is 5.36. The third-order valence-corrected chi connectivity index (χ3v) is 2.77. The van der Waals surface area contributed by atoms with Crippen molar-refractivity contribution in [3.8, 4) is 0 Å². The molecule has 18 heavy (non-hydrogen) atoms. The lowest BCUT2D eigenvalue weighted by Crippen LogP contribution is -2.26. The van der Waals surface area contributed by atoms with E-state index < -0.39 is 0 Å². The zero-order valence-electron chi connectivity index (χ0n) is 10.8. The Morgan fingerprint density at radius 1 is 1.33 bits per heavy atom. The van der Waals surface area contributed by atoms with Crippen molar-refractivity contribution in [1.82, 2.24) is 14.5 Å². The lowest BCUT2D eigenvalue weighted by molar-refractivity contribution is 0.693. The molecule has 94 valence electrons. The summed E-state index contributed by atoms with van der Waals surface area (Å²) < 4.78 is 1.65. The minimum Gasteiger partial charge on any atom is -0.373 e. The molecule has 0 aliphatic rings. The van der Waals surface area contributed by atoms with Crippen LogP contribution >= 0.6 is 0 Å². The Morgan fingerprint density at radius 3 is 2.78 bits per heavy atom. The molecule has 0 aliphatic heterocycles. The van der Waals surface area contributed by atoms with E-state index in [2.05, 4.69) is 15.3 Å². The Kier molecular flexibility index (Phi) is 3.41. The first-order chi connectivity index (χ1) is 8.60. The van der Waals surface area contributed by atoms with Crippen LogP contribution in [-0.2, 0) is 6.54 Å². The van der Waals surface area contributed by atoms with Gasteiger partial charge in [0.25, 0.3) is 0 Å². The fourth-order valence-electron chi connectivity index (χ4n) is 1.86. The zero-order valence-corrected chi connectivity index (χ0v) is 10.8. The lowest BCUT2D eigenvalue weighted by atomic mass is 10.2. The number of nitrogens with zero attached hydrogens (tertiary/aromatic N) is 3. The molecule has 0 saturated carbocycles. The van der Waals surface area contributed by atoms with Gasteiger partial charge < -0.3 is 5.32 Å². The van der Waals surface area contributed by atoms with E-state index >= 15 is 0 Å². The topological polar surface area (TPSA) is 59.8 Å². The van der Waals surface area contributed by atoms with Crippen LogP contribution in [0, 0.1) is 13.8 Å². The van der Waals surface area contributed by atoms with E-state index in [0.717, 1.165) is 22.8 Å². The quantitative estimate of drug-likeness (QED) is 0.885. The molecule has 2 heterocycles. The van der Waals surface area contributed by atoms with Gasteiger partial charge in [-0.05, 0) is 37.6 Å². The van der Waals surface area contributed by atoms with Gasteiger partial charge in [-0.3, -0.25) is 4.57 Å². The number of hydrogen-bond donors (Lipinski definition) is 1. The molecule has 5 heteroatoms. The second kappa shape index (κ2) is 5.00. The molecule has 0 saturated heterocycles. The van der Waals surface area contributed by atoms with Crippen LogP contribution in [0.3, 0.4) is 0 Å². The average Bonchev–Trinajstić information content (AvgIpc) is 2.34. The highest BCUT2D eigenvalue weighted by Gasteiger charge is 2.04. The van der Waals surface area contributed by atoms with Crippen LogP contribution in [0.1, 0.15) is 17.0 Å². The molecule has 0 fully saturated rings. The van der Waals surface area contributed by atoms with Gasteiger partial charge in [0, 0.05) is 24.6 Å². The van der Waals surface area contributed by atoms with Crippen LogP contribution in [-0.4, -0.2) is 21.6 Å². The summed E-state index contributed by atoms with van der Waals surface area (Å²) in [5, 5.41) is 2.98. The van der Waals surface area contributed by atoms with Crippen molar-refractivity contribution in [1.29, 1.82) is 0 Å². The number of hydrogen-bond acceptors (Lipinski definition) is 4. The van der Waals surface area contributed by atoms with Gasteiger partial charge in [-0.25, -0.2) is 9.78 Å². The van der Waals surface area contributed by atoms with Crippen molar-refractivity contribution in [2.24, 2.45) is 0 Å². The van der Waals surface area contributed by atoms with Gasteiger partial charge in [0.05, 0.1) is 6.54 Å². The Hall–Kier alpha value is -2.17. The predicted octanol–water partition coefficient (Wildman–Crippen LogP) is 1.35. The number of pyridine rings is 1. The summed E-state index contributed by atoms with van der Waals surface area (Å²) in [4.78, 5) is 19.9. The minimum absolute atomic E-state index is 0.213. The molecule has 0 atom stereocenters. The van der Waals surface area contributed by atoms with Crippen LogP contribution in [0.25, 0.3) is 0 Å². The maximum absolute atomic E-state index is 11.8. The van der Waals surface area contributed by atoms with Gasteiger partial charge in [0.15, 0.2) is 0 Å². The summed E-state index contributed by atoms with van der Waals surface area (Å²) in [5.41, 5.74) is 2.47. The molecule has 5 nitrogen and oxygen atoms in total. The van der Waals surface area contributed by atoms with Crippen molar-refractivity contribution >= 4 is 5.82 Å². The van der Waals surface area contributed by atoms with E-state index in [0.29, 0.717) is 6.54 Å². The molecular formula is C13H16N4O. The molecule has 0 amide bonds. The van der Waals surface area contributed by atoms with Crippen molar-refractivity contribution in [2.45, 2.75) is 20.4 Å². The van der Waals surface area contributed by atoms with Crippen LogP contribution in [0.5, 0.6) is 0 Å². The lowest BCUT2D eigenvalue weighted by Gasteiger charge is -2.10. The normalized spacial score (nSPS) is 10.4. The Morgan fingerprint density at radius 2 is 2.11 bits per heavy atom. The van der Waals surface area contributed by atoms with Crippen molar-refractivity contribution in [2.75, 3.05) is 12.4 Å². The smallest absolute Gasteiger partial charge is 0.348 e. The maximum Gasteiger partial charge on any atom is 0.348 e. The molecule has 0 aliphatic carbocycles. The van der Waals surface area contributed by atoms with E-state index in [-0.39, 0.29) is 5.69 Å². The fraction of sp³-hybridized carbons (Fsp3) is 0.308. The molecule has 2 rings (SSSR count). The summed E-state index contributed by atoms with van der Waals surface area (Å²) in [6, 6.07) is 5.72. The summed E-state index contributed by atoms with van der Waals surface area (Å²) in [6.45, 7) is 4.25. The number of aryl methyl sites for hydroxylation is 2. The molecule has 0 radical (unpaired) electrons. The molecular weight excluding hydrogens is 228 g/mol. The monoisotopic (exact) mass is 244 g/mol. The second-order valence-electron chi connectivity index (χ2n) is 4.21. The minimum atomic E-state index is -0.213. The summed E-state index contributed by atoms with van der Waals surface area (Å²) in [7, 11) is 1.82. The summed E-state index contributed by atoms with van der Waals surface area (Å²) in [5.74, 6) is 0.790. The van der Waals surface area contributed by atoms with Crippen molar-refractivity contribution in [3.63, 3.8) is 0 Å². The van der Waals surface area contributed by atoms with E-state index in [4.69, 9.17) is 0 Å². The van der Waals surface area contributed by atoms with E-state index in [1.54, 1.807) is 10.8 Å². The maximum atomic E-state index is 11.8. The van der Waals surface area contributed by atoms with Gasteiger partial charge in [0.2, 0.25) is 0 Å². The van der Waals surface area contributed by atoms with Crippen LogP contribution in [0.2, 0.25) is 0 Å². The molecule has 2 aromatic heterocycles. The largest absolute Gasteiger partial charge is 0.373 e. The number of rotatable bonds is 3. The molecule has 0 bridgehead atoms. The third kappa shape index (κ3) is 2.56. The second-order valence-corrected chi connectivity index (χ2v) is 4.21. The predicted molar refractivity (Wildman–Crippen MR) is 70.9 cm³/mol. The SMILES string of the molecule is CNc1cc(Cn2c(C)cc(C)nc2=O)ccn1. The first-order valence-electron chi connectivity index (χ1n) is 5.78. The molecule has 2 aromatic rings. The van der Waals surface area contributed by atoms with Crippen LogP contribution in [0.4, 0.5) is 5.82 Å². The molecule has 0 unspecified atom stereocenters. The molecule has 1 N–H and O–H groups in total. The van der Waals surface area contributed by atoms with Gasteiger partial charge in [0.1, 0.15) is 5.82 Å². The van der Waals surface area contributed by atoms with Crippen molar-refractivity contribution < 1.29 is 0 Å². The Balaban J connectivity index is 2.37. The molecule has 0 aromatic carbocycles. The number of nitrogens with one attached hydrogen (secondary N) is 1. The van der Waals surface area contributed by atoms with Gasteiger partial charge in [-0.15, -0.1) is 0 Å². The van der Waals surface area contributed by atoms with E-state index in [9.17, 15) is 4.79 Å². The average molecular weight is 244 g/mol. The standard InChI is InChI=1S/C13H16N4O/c1-9-6-10(2)17(13(18)16-9)8-11-4-5-15-12(7-11)14-3/h4-7H,8H2,1-3H3,(H,14,15). The van der Waals surface area contributed by atoms with Crippen LogP contribution in [0.15, 0.2) is 29.2 Å². The zero-order chi connectivity index (χ0) is 13.1. The fourth-order valence-corrected chi connectivity index (χ4v) is 1.86. The molecule has 0 spiro atoms. The first kappa shape index (κ1) is 12.3. The highest BCUT2D eigenvalue weighted by atomic mass is 16.1. The van der Waals surface area contributed by atoms with E-state index in [1.807, 2.05) is 39.1 Å². The Labute approximate surface area is 106 Å². The van der Waals surface area contributed by atoms with Crippen molar-refractivity contribution in [3.05, 3.63) is 51.8 Å². The van der Waals surface area contributed by atoms with Gasteiger partial charge in [-0.2, -0.15) is 4.98 Å². The van der Waals surface area contributed by atoms with E-state index in [1.165, 1.54) is 0 Å². The summed E-state index contributed by atoms with van der Waals surface area (Å²) >= 11 is 0. The first-order valence-corrected chi connectivity index (χ1v) is 5.78. The highest BCUT2D eigenvalue weighted by Crippen LogP contribution is 2.08.